The summed E-state index contributed by atoms with van der Waals surface area (Å²) in [6.45, 7) is 7.13. The highest BCUT2D eigenvalue weighted by Crippen LogP contribution is 2.23. The standard InChI is InChI=1S/C12H24N2OS/c1-12(2,11(13)16)6-4-7-14(3)10-5-8-15-9-10/h10H,4-9H2,1-3H3,(H2,13,16). The van der Waals surface area contributed by atoms with Gasteiger partial charge in [-0.3, -0.25) is 0 Å². The van der Waals surface area contributed by atoms with E-state index in [-0.39, 0.29) is 5.41 Å². The van der Waals surface area contributed by atoms with E-state index in [0.29, 0.717) is 11.0 Å². The van der Waals surface area contributed by atoms with Gasteiger partial charge in [-0.05, 0) is 32.9 Å². The molecule has 94 valence electrons. The molecule has 0 aromatic heterocycles. The Labute approximate surface area is 104 Å². The quantitative estimate of drug-likeness (QED) is 0.723. The van der Waals surface area contributed by atoms with Crippen molar-refractivity contribution in [1.29, 1.82) is 0 Å². The Morgan fingerprint density at radius 3 is 2.75 bits per heavy atom. The van der Waals surface area contributed by atoms with Crippen LogP contribution in [0.4, 0.5) is 0 Å². The second-order valence-corrected chi connectivity index (χ2v) is 5.79. The molecule has 1 unspecified atom stereocenters. The number of nitrogens with zero attached hydrogens (tertiary/aromatic N) is 1. The van der Waals surface area contributed by atoms with Gasteiger partial charge in [0, 0.05) is 18.1 Å². The van der Waals surface area contributed by atoms with Gasteiger partial charge >= 0.3 is 0 Å². The highest BCUT2D eigenvalue weighted by atomic mass is 32.1. The van der Waals surface area contributed by atoms with Crippen molar-refractivity contribution in [3.8, 4) is 0 Å². The van der Waals surface area contributed by atoms with Crippen molar-refractivity contribution >= 4 is 17.2 Å². The molecule has 0 amide bonds. The molecule has 0 aromatic rings. The Morgan fingerprint density at radius 1 is 1.56 bits per heavy atom. The van der Waals surface area contributed by atoms with Gasteiger partial charge in [-0.15, -0.1) is 0 Å². The molecular weight excluding hydrogens is 220 g/mol. The van der Waals surface area contributed by atoms with E-state index in [2.05, 4.69) is 25.8 Å². The van der Waals surface area contributed by atoms with Gasteiger partial charge in [0.25, 0.3) is 0 Å². The first-order chi connectivity index (χ1) is 7.43. The van der Waals surface area contributed by atoms with E-state index >= 15 is 0 Å². The highest BCUT2D eigenvalue weighted by Gasteiger charge is 2.23. The first-order valence-corrected chi connectivity index (χ1v) is 6.42. The molecule has 0 spiro atoms. The normalized spacial score (nSPS) is 21.6. The van der Waals surface area contributed by atoms with Crippen molar-refractivity contribution in [3.05, 3.63) is 0 Å². The number of ether oxygens (including phenoxy) is 1. The van der Waals surface area contributed by atoms with Crippen LogP contribution in [-0.4, -0.2) is 42.7 Å². The van der Waals surface area contributed by atoms with Gasteiger partial charge < -0.3 is 15.4 Å². The monoisotopic (exact) mass is 244 g/mol. The third-order valence-electron chi connectivity index (χ3n) is 3.51. The molecule has 1 fully saturated rings. The number of hydrogen-bond donors (Lipinski definition) is 1. The third kappa shape index (κ3) is 4.00. The summed E-state index contributed by atoms with van der Waals surface area (Å²) in [6, 6.07) is 0.605. The molecule has 1 heterocycles. The van der Waals surface area contributed by atoms with Crippen LogP contribution in [0.25, 0.3) is 0 Å². The minimum Gasteiger partial charge on any atom is -0.393 e. The lowest BCUT2D eigenvalue weighted by molar-refractivity contribution is 0.157. The zero-order valence-corrected chi connectivity index (χ0v) is 11.5. The van der Waals surface area contributed by atoms with Gasteiger partial charge in [-0.1, -0.05) is 26.1 Å². The van der Waals surface area contributed by atoms with Crippen LogP contribution in [0.5, 0.6) is 0 Å². The lowest BCUT2D eigenvalue weighted by Gasteiger charge is -2.26. The highest BCUT2D eigenvalue weighted by molar-refractivity contribution is 7.80. The minimum absolute atomic E-state index is 0.0116. The lowest BCUT2D eigenvalue weighted by Crippen LogP contribution is -2.34. The number of thiocarbonyl (C=S) groups is 1. The zero-order chi connectivity index (χ0) is 12.2. The maximum Gasteiger partial charge on any atom is 0.0784 e. The average Bonchev–Trinajstić information content (AvgIpc) is 2.69. The van der Waals surface area contributed by atoms with Crippen molar-refractivity contribution < 1.29 is 4.74 Å². The number of rotatable bonds is 6. The van der Waals surface area contributed by atoms with Crippen molar-refractivity contribution in [2.75, 3.05) is 26.8 Å². The fraction of sp³-hybridized carbons (Fsp3) is 0.917. The Kier molecular flexibility index (Phi) is 5.15. The van der Waals surface area contributed by atoms with Gasteiger partial charge in [0.1, 0.15) is 0 Å². The van der Waals surface area contributed by atoms with Crippen molar-refractivity contribution in [3.63, 3.8) is 0 Å². The van der Waals surface area contributed by atoms with Crippen LogP contribution in [0.3, 0.4) is 0 Å². The van der Waals surface area contributed by atoms with E-state index < -0.39 is 0 Å². The average molecular weight is 244 g/mol. The van der Waals surface area contributed by atoms with Crippen LogP contribution >= 0.6 is 12.2 Å². The van der Waals surface area contributed by atoms with Crippen LogP contribution in [0, 0.1) is 5.41 Å². The molecule has 0 aliphatic carbocycles. The summed E-state index contributed by atoms with van der Waals surface area (Å²) in [7, 11) is 2.17. The summed E-state index contributed by atoms with van der Waals surface area (Å²) in [5.41, 5.74) is 5.70. The van der Waals surface area contributed by atoms with E-state index in [9.17, 15) is 0 Å². The van der Waals surface area contributed by atoms with Crippen molar-refractivity contribution in [1.82, 2.24) is 4.90 Å². The molecule has 4 heteroatoms. The predicted molar refractivity (Wildman–Crippen MR) is 71.7 cm³/mol. The van der Waals surface area contributed by atoms with E-state index in [0.717, 1.165) is 39.0 Å². The predicted octanol–water partition coefficient (Wildman–Crippen LogP) is 1.80. The Morgan fingerprint density at radius 2 is 2.25 bits per heavy atom. The van der Waals surface area contributed by atoms with E-state index in [1.807, 2.05) is 0 Å². The first-order valence-electron chi connectivity index (χ1n) is 6.01. The van der Waals surface area contributed by atoms with E-state index in [1.165, 1.54) is 0 Å². The summed E-state index contributed by atoms with van der Waals surface area (Å²) >= 11 is 5.06. The van der Waals surface area contributed by atoms with Crippen LogP contribution in [-0.2, 0) is 4.74 Å². The number of hydrogen-bond acceptors (Lipinski definition) is 3. The van der Waals surface area contributed by atoms with Gasteiger partial charge in [0.15, 0.2) is 0 Å². The topological polar surface area (TPSA) is 38.5 Å². The molecule has 1 rings (SSSR count). The molecule has 2 N–H and O–H groups in total. The molecular formula is C12H24N2OS. The van der Waals surface area contributed by atoms with E-state index in [1.54, 1.807) is 0 Å². The summed E-state index contributed by atoms with van der Waals surface area (Å²) < 4.78 is 5.38. The number of likely N-dealkylation sites (N-methyl/N-ethyl adjacent to an activating group) is 1. The molecule has 16 heavy (non-hydrogen) atoms. The fourth-order valence-corrected chi connectivity index (χ4v) is 2.05. The Balaban J connectivity index is 2.21. The largest absolute Gasteiger partial charge is 0.393 e. The van der Waals surface area contributed by atoms with Crippen molar-refractivity contribution in [2.24, 2.45) is 11.1 Å². The molecule has 3 nitrogen and oxygen atoms in total. The zero-order valence-electron chi connectivity index (χ0n) is 10.7. The second-order valence-electron chi connectivity index (χ2n) is 5.35. The molecule has 0 radical (unpaired) electrons. The lowest BCUT2D eigenvalue weighted by atomic mass is 9.88. The molecule has 0 saturated carbocycles. The Bertz CT molecular complexity index is 237. The summed E-state index contributed by atoms with van der Waals surface area (Å²) in [5.74, 6) is 0. The maximum absolute atomic E-state index is 5.71. The van der Waals surface area contributed by atoms with Gasteiger partial charge in [-0.25, -0.2) is 0 Å². The van der Waals surface area contributed by atoms with Crippen LogP contribution in [0.1, 0.15) is 33.1 Å². The molecule has 1 aliphatic heterocycles. The van der Waals surface area contributed by atoms with Gasteiger partial charge in [0.2, 0.25) is 0 Å². The smallest absolute Gasteiger partial charge is 0.0784 e. The summed E-state index contributed by atoms with van der Waals surface area (Å²) in [4.78, 5) is 3.02. The van der Waals surface area contributed by atoms with Crippen LogP contribution in [0.2, 0.25) is 0 Å². The third-order valence-corrected chi connectivity index (χ3v) is 4.06. The SMILES string of the molecule is CN(CCCC(C)(C)C(N)=S)C1CCOC1. The molecule has 1 aliphatic rings. The Hall–Kier alpha value is -0.190. The van der Waals surface area contributed by atoms with Crippen LogP contribution in [0.15, 0.2) is 0 Å². The summed E-state index contributed by atoms with van der Waals surface area (Å²) in [5, 5.41) is 0. The number of nitrogens with two attached hydrogens (primary N) is 1. The summed E-state index contributed by atoms with van der Waals surface area (Å²) in [6.07, 6.45) is 3.35. The van der Waals surface area contributed by atoms with Crippen molar-refractivity contribution in [2.45, 2.75) is 39.2 Å². The molecule has 0 bridgehead atoms. The molecule has 1 atom stereocenters. The first kappa shape index (κ1) is 13.9. The van der Waals surface area contributed by atoms with E-state index in [4.69, 9.17) is 22.7 Å². The molecule has 0 aromatic carbocycles. The van der Waals surface area contributed by atoms with Gasteiger partial charge in [0.05, 0.1) is 11.6 Å². The molecule has 1 saturated heterocycles. The van der Waals surface area contributed by atoms with Crippen LogP contribution < -0.4 is 5.73 Å². The minimum atomic E-state index is -0.0116. The van der Waals surface area contributed by atoms with Gasteiger partial charge in [-0.2, -0.15) is 0 Å². The second kappa shape index (κ2) is 5.94. The maximum atomic E-state index is 5.71. The fourth-order valence-electron chi connectivity index (χ4n) is 1.95.